The molecule has 0 amide bonds. The van der Waals surface area contributed by atoms with Gasteiger partial charge in [-0.3, -0.25) is 9.82 Å². The molecule has 0 saturated carbocycles. The largest absolute Gasteiger partial charge is 0.497 e. The quantitative estimate of drug-likeness (QED) is 0.214. The first kappa shape index (κ1) is 25.5. The van der Waals surface area contributed by atoms with Crippen molar-refractivity contribution in [2.45, 2.75) is 24.3 Å². The van der Waals surface area contributed by atoms with Gasteiger partial charge in [0.25, 0.3) is 10.0 Å². The molecule has 190 valence electrons. The van der Waals surface area contributed by atoms with Crippen LogP contribution in [-0.4, -0.2) is 50.5 Å². The second-order valence-corrected chi connectivity index (χ2v) is 9.90. The molecule has 0 aliphatic carbocycles. The molecule has 0 fully saturated rings. The number of aromatic amines is 1. The van der Waals surface area contributed by atoms with Crippen LogP contribution in [0.2, 0.25) is 0 Å². The Balaban J connectivity index is 1.27. The topological polar surface area (TPSA) is 126 Å². The predicted octanol–water partition coefficient (Wildman–Crippen LogP) is 3.64. The SMILES string of the molecule is CCc1[nH]nc2cc(OCCNC[C@H](O)c3cccc(NS(=O)(=O)c4cccc(OC)c4)c3)ccc12. The summed E-state index contributed by atoms with van der Waals surface area (Å²) in [5.74, 6) is 1.18. The number of nitrogens with one attached hydrogen (secondary N) is 3. The van der Waals surface area contributed by atoms with Gasteiger partial charge in [-0.1, -0.05) is 25.1 Å². The molecule has 9 nitrogen and oxygen atoms in total. The third-order valence-corrected chi connectivity index (χ3v) is 7.10. The zero-order valence-electron chi connectivity index (χ0n) is 20.2. The van der Waals surface area contributed by atoms with E-state index < -0.39 is 16.1 Å². The van der Waals surface area contributed by atoms with E-state index in [1.54, 1.807) is 36.4 Å². The van der Waals surface area contributed by atoms with E-state index in [1.165, 1.54) is 19.2 Å². The average molecular weight is 511 g/mol. The summed E-state index contributed by atoms with van der Waals surface area (Å²) in [6, 6.07) is 18.7. The highest BCUT2D eigenvalue weighted by Gasteiger charge is 2.16. The maximum atomic E-state index is 12.7. The smallest absolute Gasteiger partial charge is 0.262 e. The molecular formula is C26H30N4O5S. The highest BCUT2D eigenvalue weighted by molar-refractivity contribution is 7.92. The normalized spacial score (nSPS) is 12.4. The van der Waals surface area contributed by atoms with Crippen molar-refractivity contribution in [3.8, 4) is 11.5 Å². The van der Waals surface area contributed by atoms with Crippen molar-refractivity contribution < 1.29 is 23.0 Å². The Morgan fingerprint density at radius 1 is 1.06 bits per heavy atom. The summed E-state index contributed by atoms with van der Waals surface area (Å²) in [5.41, 5.74) is 2.92. The number of fused-ring (bicyclic) bond motifs is 1. The number of hydrogen-bond donors (Lipinski definition) is 4. The summed E-state index contributed by atoms with van der Waals surface area (Å²) in [7, 11) is -2.33. The molecule has 1 heterocycles. The molecule has 0 spiro atoms. The molecule has 0 aliphatic rings. The van der Waals surface area contributed by atoms with Gasteiger partial charge in [0.15, 0.2) is 0 Å². The van der Waals surface area contributed by atoms with Gasteiger partial charge in [-0.25, -0.2) is 8.42 Å². The highest BCUT2D eigenvalue weighted by atomic mass is 32.2. The van der Waals surface area contributed by atoms with Gasteiger partial charge < -0.3 is 19.9 Å². The van der Waals surface area contributed by atoms with Crippen LogP contribution in [0.15, 0.2) is 71.6 Å². The van der Waals surface area contributed by atoms with Crippen LogP contribution in [0.4, 0.5) is 5.69 Å². The van der Waals surface area contributed by atoms with Crippen molar-refractivity contribution in [2.24, 2.45) is 0 Å². The van der Waals surface area contributed by atoms with Gasteiger partial charge in [-0.05, 0) is 48.4 Å². The summed E-state index contributed by atoms with van der Waals surface area (Å²) in [4.78, 5) is 0.0895. The second-order valence-electron chi connectivity index (χ2n) is 8.21. The summed E-state index contributed by atoms with van der Waals surface area (Å²) < 4.78 is 38.9. The molecule has 4 aromatic rings. The fourth-order valence-electron chi connectivity index (χ4n) is 3.80. The molecule has 10 heteroatoms. The third-order valence-electron chi connectivity index (χ3n) is 5.72. The Hall–Kier alpha value is -3.60. The first-order valence-corrected chi connectivity index (χ1v) is 13.1. The Morgan fingerprint density at radius 3 is 2.69 bits per heavy atom. The standard InChI is InChI=1S/C26H30N4O5S/c1-3-24-23-11-10-21(16-25(23)29-28-24)35-13-12-27-17-26(31)18-6-4-7-19(14-18)30-36(32,33)22-9-5-8-20(15-22)34-2/h4-11,14-16,26-27,30-31H,3,12-13,17H2,1-2H3,(H,28,29)/t26-/m0/s1. The zero-order chi connectivity index (χ0) is 25.5. The summed E-state index contributed by atoms with van der Waals surface area (Å²) in [6.07, 6.45) is 0.0686. The number of aliphatic hydroxyl groups excluding tert-OH is 1. The van der Waals surface area contributed by atoms with E-state index in [0.717, 1.165) is 28.8 Å². The fraction of sp³-hybridized carbons (Fsp3) is 0.269. The zero-order valence-corrected chi connectivity index (χ0v) is 21.0. The molecule has 4 rings (SSSR count). The number of hydrogen-bond acceptors (Lipinski definition) is 7. The number of rotatable bonds is 12. The minimum Gasteiger partial charge on any atom is -0.497 e. The van der Waals surface area contributed by atoms with Gasteiger partial charge in [-0.2, -0.15) is 5.10 Å². The molecule has 1 atom stereocenters. The number of anilines is 1. The molecule has 0 saturated heterocycles. The number of aryl methyl sites for hydroxylation is 1. The maximum absolute atomic E-state index is 12.7. The van der Waals surface area contributed by atoms with E-state index in [9.17, 15) is 13.5 Å². The minimum atomic E-state index is -3.80. The monoisotopic (exact) mass is 510 g/mol. The van der Waals surface area contributed by atoms with Crippen LogP contribution in [0.5, 0.6) is 11.5 Å². The second kappa shape index (κ2) is 11.4. The van der Waals surface area contributed by atoms with Gasteiger partial charge in [0.05, 0.1) is 23.6 Å². The van der Waals surface area contributed by atoms with E-state index >= 15 is 0 Å². The van der Waals surface area contributed by atoms with Crippen molar-refractivity contribution in [3.63, 3.8) is 0 Å². The van der Waals surface area contributed by atoms with Gasteiger partial charge in [0, 0.05) is 42.0 Å². The number of aliphatic hydroxyl groups is 1. The van der Waals surface area contributed by atoms with Gasteiger partial charge in [0.1, 0.15) is 18.1 Å². The van der Waals surface area contributed by atoms with Gasteiger partial charge in [-0.15, -0.1) is 0 Å². The number of methoxy groups -OCH3 is 1. The van der Waals surface area contributed by atoms with E-state index in [2.05, 4.69) is 27.2 Å². The van der Waals surface area contributed by atoms with Gasteiger partial charge in [0.2, 0.25) is 0 Å². The molecule has 36 heavy (non-hydrogen) atoms. The number of nitrogens with zero attached hydrogens (tertiary/aromatic N) is 1. The van der Waals surface area contributed by atoms with Crippen LogP contribution < -0.4 is 19.5 Å². The Kier molecular flexibility index (Phi) is 8.09. The van der Waals surface area contributed by atoms with E-state index in [1.807, 2.05) is 18.2 Å². The Bertz CT molecular complexity index is 1420. The lowest BCUT2D eigenvalue weighted by atomic mass is 10.1. The number of H-pyrrole nitrogens is 1. The van der Waals surface area contributed by atoms with Crippen LogP contribution in [0.25, 0.3) is 10.9 Å². The molecule has 0 bridgehead atoms. The van der Waals surface area contributed by atoms with E-state index in [4.69, 9.17) is 9.47 Å². The fourth-order valence-corrected chi connectivity index (χ4v) is 4.88. The average Bonchev–Trinajstić information content (AvgIpc) is 3.30. The molecule has 1 aromatic heterocycles. The summed E-state index contributed by atoms with van der Waals surface area (Å²) in [6.45, 7) is 3.31. The number of benzene rings is 3. The summed E-state index contributed by atoms with van der Waals surface area (Å²) in [5, 5.41) is 22.2. The third kappa shape index (κ3) is 6.14. The van der Waals surface area contributed by atoms with Crippen molar-refractivity contribution in [1.29, 1.82) is 0 Å². The molecule has 0 unspecified atom stereocenters. The number of ether oxygens (including phenoxy) is 2. The predicted molar refractivity (Wildman–Crippen MR) is 139 cm³/mol. The van der Waals surface area contributed by atoms with Crippen LogP contribution in [0, 0.1) is 0 Å². The lowest BCUT2D eigenvalue weighted by Gasteiger charge is -2.15. The highest BCUT2D eigenvalue weighted by Crippen LogP contribution is 2.23. The van der Waals surface area contributed by atoms with Crippen molar-refractivity contribution >= 4 is 26.6 Å². The first-order chi connectivity index (χ1) is 17.4. The molecule has 3 aromatic carbocycles. The summed E-state index contributed by atoms with van der Waals surface area (Å²) >= 11 is 0. The Morgan fingerprint density at radius 2 is 1.89 bits per heavy atom. The number of sulfonamides is 1. The van der Waals surface area contributed by atoms with E-state index in [0.29, 0.717) is 30.2 Å². The maximum Gasteiger partial charge on any atom is 0.262 e. The van der Waals surface area contributed by atoms with Crippen LogP contribution in [-0.2, 0) is 16.4 Å². The molecule has 0 radical (unpaired) electrons. The minimum absolute atomic E-state index is 0.0895. The molecule has 4 N–H and O–H groups in total. The van der Waals surface area contributed by atoms with Crippen molar-refractivity contribution in [1.82, 2.24) is 15.5 Å². The Labute approximate surface area is 210 Å². The number of aromatic nitrogens is 2. The van der Waals surface area contributed by atoms with Gasteiger partial charge >= 0.3 is 0 Å². The van der Waals surface area contributed by atoms with Crippen LogP contribution >= 0.6 is 0 Å². The van der Waals surface area contributed by atoms with Crippen molar-refractivity contribution in [3.05, 3.63) is 78.0 Å². The van der Waals surface area contributed by atoms with Crippen LogP contribution in [0.1, 0.15) is 24.3 Å². The van der Waals surface area contributed by atoms with Crippen molar-refractivity contribution in [2.75, 3.05) is 31.5 Å². The lowest BCUT2D eigenvalue weighted by molar-refractivity contribution is 0.172. The van der Waals surface area contributed by atoms with E-state index in [-0.39, 0.29) is 11.4 Å². The van der Waals surface area contributed by atoms with Crippen LogP contribution in [0.3, 0.4) is 0 Å². The lowest BCUT2D eigenvalue weighted by Crippen LogP contribution is -2.26. The molecular weight excluding hydrogens is 480 g/mol. The first-order valence-electron chi connectivity index (χ1n) is 11.6. The molecule has 0 aliphatic heterocycles.